The molecule has 3 N–H and O–H groups in total. The zero-order valence-electron chi connectivity index (χ0n) is 22.3. The van der Waals surface area contributed by atoms with Crippen molar-refractivity contribution < 1.29 is 29.0 Å². The molecule has 1 amide bonds. The Morgan fingerprint density at radius 2 is 1.58 bits per heavy atom. The Labute approximate surface area is 223 Å². The van der Waals surface area contributed by atoms with Crippen LogP contribution in [0.15, 0.2) is 72.8 Å². The van der Waals surface area contributed by atoms with Crippen molar-refractivity contribution in [2.75, 3.05) is 6.54 Å². The summed E-state index contributed by atoms with van der Waals surface area (Å²) in [6.45, 7) is 6.84. The average molecular weight is 521 g/mol. The van der Waals surface area contributed by atoms with E-state index in [1.807, 2.05) is 72.8 Å². The first-order valence-electron chi connectivity index (χ1n) is 12.6. The zero-order valence-corrected chi connectivity index (χ0v) is 22.3. The van der Waals surface area contributed by atoms with Crippen LogP contribution in [0, 0.1) is 5.92 Å². The third-order valence-corrected chi connectivity index (χ3v) is 6.12. The Kier molecular flexibility index (Phi) is 9.47. The van der Waals surface area contributed by atoms with Crippen LogP contribution in [-0.4, -0.2) is 40.8 Å². The molecule has 2 atom stereocenters. The zero-order chi connectivity index (χ0) is 27.8. The van der Waals surface area contributed by atoms with Crippen LogP contribution in [0.5, 0.6) is 0 Å². The number of esters is 1. The molecular formula is C30H36N2O6. The van der Waals surface area contributed by atoms with Crippen molar-refractivity contribution >= 4 is 28.8 Å². The van der Waals surface area contributed by atoms with Gasteiger partial charge >= 0.3 is 18.0 Å². The van der Waals surface area contributed by atoms with E-state index in [0.29, 0.717) is 0 Å². The topological polar surface area (TPSA) is 114 Å². The minimum Gasteiger partial charge on any atom is -0.480 e. The van der Waals surface area contributed by atoms with Gasteiger partial charge in [-0.05, 0) is 49.1 Å². The van der Waals surface area contributed by atoms with Crippen LogP contribution in [0.25, 0.3) is 10.8 Å². The summed E-state index contributed by atoms with van der Waals surface area (Å²) < 4.78 is 10.8. The number of carbonyl (C=O) groups is 3. The Bertz CT molecular complexity index is 1250. The van der Waals surface area contributed by atoms with E-state index in [4.69, 9.17) is 9.47 Å². The summed E-state index contributed by atoms with van der Waals surface area (Å²) in [5.41, 5.74) is -0.684. The summed E-state index contributed by atoms with van der Waals surface area (Å²) in [6.07, 6.45) is -0.864. The molecule has 0 bridgehead atoms. The highest BCUT2D eigenvalue weighted by Gasteiger charge is 2.42. The average Bonchev–Trinajstić information content (AvgIpc) is 2.88. The van der Waals surface area contributed by atoms with E-state index in [2.05, 4.69) is 10.6 Å². The van der Waals surface area contributed by atoms with E-state index in [1.54, 1.807) is 27.7 Å². The van der Waals surface area contributed by atoms with Crippen molar-refractivity contribution in [2.24, 2.45) is 5.92 Å². The van der Waals surface area contributed by atoms with E-state index in [9.17, 15) is 19.5 Å². The van der Waals surface area contributed by atoms with Gasteiger partial charge in [0.1, 0.15) is 17.7 Å². The van der Waals surface area contributed by atoms with Gasteiger partial charge in [0.25, 0.3) is 0 Å². The number of hydrogen-bond donors (Lipinski definition) is 3. The number of carboxylic acid groups (broad SMARTS) is 1. The van der Waals surface area contributed by atoms with Crippen molar-refractivity contribution in [3.8, 4) is 0 Å². The number of carboxylic acids is 1. The smallest absolute Gasteiger partial charge is 0.407 e. The molecule has 0 aliphatic rings. The second kappa shape index (κ2) is 12.6. The Morgan fingerprint density at radius 1 is 0.921 bits per heavy atom. The van der Waals surface area contributed by atoms with Crippen LogP contribution in [-0.2, 0) is 32.2 Å². The van der Waals surface area contributed by atoms with Crippen LogP contribution in [0.2, 0.25) is 0 Å². The first-order valence-corrected chi connectivity index (χ1v) is 12.6. The van der Waals surface area contributed by atoms with Gasteiger partial charge in [-0.15, -0.1) is 0 Å². The van der Waals surface area contributed by atoms with E-state index in [-0.39, 0.29) is 26.1 Å². The first kappa shape index (κ1) is 28.7. The standard InChI is InChI=1S/C30H36N2O6/c1-21(26(33)38-29(2,3)4)17-30(27(34)35,20-31-28(36)37-19-22-11-6-5-7-12-22)32-18-24-15-10-14-23-13-8-9-16-25(23)24/h5-16,21,32H,17-20H2,1-4H3,(H,31,36)(H,34,35). The molecule has 0 fully saturated rings. The normalized spacial score (nSPS) is 13.8. The minimum atomic E-state index is -1.67. The Morgan fingerprint density at radius 3 is 2.26 bits per heavy atom. The van der Waals surface area contributed by atoms with Crippen LogP contribution in [0.4, 0.5) is 4.79 Å². The SMILES string of the molecule is CC(CC(CNC(=O)OCc1ccccc1)(NCc1cccc2ccccc12)C(=O)O)C(=O)OC(C)(C)C. The fourth-order valence-corrected chi connectivity index (χ4v) is 4.16. The van der Waals surface area contributed by atoms with Crippen LogP contribution < -0.4 is 10.6 Å². The lowest BCUT2D eigenvalue weighted by atomic mass is 9.87. The summed E-state index contributed by atoms with van der Waals surface area (Å²) >= 11 is 0. The Hall–Kier alpha value is -3.91. The summed E-state index contributed by atoms with van der Waals surface area (Å²) in [7, 11) is 0. The van der Waals surface area contributed by atoms with Crippen molar-refractivity contribution in [2.45, 2.75) is 58.4 Å². The molecule has 38 heavy (non-hydrogen) atoms. The number of ether oxygens (including phenoxy) is 2. The number of carbonyl (C=O) groups excluding carboxylic acids is 2. The highest BCUT2D eigenvalue weighted by molar-refractivity contribution is 5.86. The van der Waals surface area contributed by atoms with E-state index in [0.717, 1.165) is 21.9 Å². The van der Waals surface area contributed by atoms with Gasteiger partial charge in [-0.2, -0.15) is 0 Å². The monoisotopic (exact) mass is 520 g/mol. The molecule has 0 aliphatic carbocycles. The Balaban J connectivity index is 1.80. The fraction of sp³-hybridized carbons (Fsp3) is 0.367. The summed E-state index contributed by atoms with van der Waals surface area (Å²) in [4.78, 5) is 38.0. The lowest BCUT2D eigenvalue weighted by Gasteiger charge is -2.33. The molecule has 3 aromatic carbocycles. The molecule has 8 heteroatoms. The molecule has 2 unspecified atom stereocenters. The van der Waals surface area contributed by atoms with Crippen molar-refractivity contribution in [3.63, 3.8) is 0 Å². The van der Waals surface area contributed by atoms with E-state index < -0.39 is 35.1 Å². The van der Waals surface area contributed by atoms with Crippen molar-refractivity contribution in [1.82, 2.24) is 10.6 Å². The molecule has 3 rings (SSSR count). The summed E-state index contributed by atoms with van der Waals surface area (Å²) in [5, 5.41) is 18.1. The number of fused-ring (bicyclic) bond motifs is 1. The van der Waals surface area contributed by atoms with Gasteiger partial charge in [0.2, 0.25) is 0 Å². The van der Waals surface area contributed by atoms with Crippen LogP contribution in [0.3, 0.4) is 0 Å². The maximum absolute atomic E-state index is 12.8. The molecular weight excluding hydrogens is 484 g/mol. The third-order valence-electron chi connectivity index (χ3n) is 6.12. The van der Waals surface area contributed by atoms with Gasteiger partial charge in [-0.25, -0.2) is 4.79 Å². The fourth-order valence-electron chi connectivity index (χ4n) is 4.16. The summed E-state index contributed by atoms with van der Waals surface area (Å²) in [6, 6.07) is 22.8. The number of alkyl carbamates (subject to hydrolysis) is 1. The van der Waals surface area contributed by atoms with Gasteiger partial charge < -0.3 is 19.9 Å². The summed E-state index contributed by atoms with van der Waals surface area (Å²) in [5.74, 6) is -2.47. The molecule has 202 valence electrons. The van der Waals surface area contributed by atoms with Gasteiger partial charge in [-0.3, -0.25) is 14.9 Å². The maximum atomic E-state index is 12.8. The molecule has 0 heterocycles. The molecule has 0 saturated heterocycles. The lowest BCUT2D eigenvalue weighted by Crippen LogP contribution is -2.60. The number of hydrogen-bond acceptors (Lipinski definition) is 6. The highest BCUT2D eigenvalue weighted by atomic mass is 16.6. The molecule has 8 nitrogen and oxygen atoms in total. The highest BCUT2D eigenvalue weighted by Crippen LogP contribution is 2.24. The van der Waals surface area contributed by atoms with Crippen molar-refractivity contribution in [1.29, 1.82) is 0 Å². The second-order valence-corrected chi connectivity index (χ2v) is 10.4. The number of rotatable bonds is 11. The predicted molar refractivity (Wildman–Crippen MR) is 145 cm³/mol. The predicted octanol–water partition coefficient (Wildman–Crippen LogP) is 5.05. The largest absolute Gasteiger partial charge is 0.480 e. The number of benzene rings is 3. The van der Waals surface area contributed by atoms with Crippen LogP contribution >= 0.6 is 0 Å². The molecule has 0 radical (unpaired) electrons. The molecule has 0 aromatic heterocycles. The van der Waals surface area contributed by atoms with Crippen molar-refractivity contribution in [3.05, 3.63) is 83.9 Å². The number of amides is 1. The van der Waals surface area contributed by atoms with E-state index >= 15 is 0 Å². The van der Waals surface area contributed by atoms with Gasteiger partial charge in [-0.1, -0.05) is 79.7 Å². The maximum Gasteiger partial charge on any atom is 0.407 e. The molecule has 0 aliphatic heterocycles. The molecule has 0 saturated carbocycles. The van der Waals surface area contributed by atoms with Crippen LogP contribution in [0.1, 0.15) is 45.2 Å². The number of nitrogens with one attached hydrogen (secondary N) is 2. The van der Waals surface area contributed by atoms with Gasteiger partial charge in [0.15, 0.2) is 0 Å². The third kappa shape index (κ3) is 8.05. The lowest BCUT2D eigenvalue weighted by molar-refractivity contribution is -0.161. The van der Waals surface area contributed by atoms with Gasteiger partial charge in [0, 0.05) is 13.1 Å². The number of aliphatic carboxylic acids is 1. The first-order chi connectivity index (χ1) is 18.0. The minimum absolute atomic E-state index is 0.0461. The van der Waals surface area contributed by atoms with Gasteiger partial charge in [0.05, 0.1) is 5.92 Å². The quantitative estimate of drug-likeness (QED) is 0.303. The molecule has 0 spiro atoms. The van der Waals surface area contributed by atoms with E-state index in [1.165, 1.54) is 0 Å². The second-order valence-electron chi connectivity index (χ2n) is 10.4. The molecule has 3 aromatic rings.